The van der Waals surface area contributed by atoms with E-state index in [-0.39, 0.29) is 0 Å². The fraction of sp³-hybridized carbons (Fsp3) is 0.600. The van der Waals surface area contributed by atoms with E-state index in [1.807, 2.05) is 11.8 Å². The van der Waals surface area contributed by atoms with Crippen LogP contribution in [0.2, 0.25) is 0 Å². The predicted molar refractivity (Wildman–Crippen MR) is 80.3 cm³/mol. The standard InChI is InChI=1S/C15H25NOS/c1-5-9-16-13(3)14-7-6-8-15(10-14)18-11-12(2)17-4/h6-8,10,12-13,16H,5,9,11H2,1-4H3. The number of hydrogen-bond acceptors (Lipinski definition) is 3. The van der Waals surface area contributed by atoms with Crippen molar-refractivity contribution in [2.75, 3.05) is 19.4 Å². The molecule has 2 nitrogen and oxygen atoms in total. The van der Waals surface area contributed by atoms with Crippen LogP contribution in [0.3, 0.4) is 0 Å². The van der Waals surface area contributed by atoms with Gasteiger partial charge in [0.05, 0.1) is 6.10 Å². The van der Waals surface area contributed by atoms with E-state index >= 15 is 0 Å². The van der Waals surface area contributed by atoms with E-state index in [4.69, 9.17) is 4.74 Å². The van der Waals surface area contributed by atoms with Gasteiger partial charge in [-0.25, -0.2) is 0 Å². The summed E-state index contributed by atoms with van der Waals surface area (Å²) in [6.45, 7) is 7.58. The number of hydrogen-bond donors (Lipinski definition) is 1. The van der Waals surface area contributed by atoms with Crippen molar-refractivity contribution in [3.05, 3.63) is 29.8 Å². The summed E-state index contributed by atoms with van der Waals surface area (Å²) in [7, 11) is 1.76. The monoisotopic (exact) mass is 267 g/mol. The van der Waals surface area contributed by atoms with E-state index in [9.17, 15) is 0 Å². The van der Waals surface area contributed by atoms with Crippen LogP contribution in [0.25, 0.3) is 0 Å². The van der Waals surface area contributed by atoms with Crippen molar-refractivity contribution in [1.29, 1.82) is 0 Å². The zero-order valence-corrected chi connectivity index (χ0v) is 12.7. The highest BCUT2D eigenvalue weighted by molar-refractivity contribution is 7.99. The molecule has 1 N–H and O–H groups in total. The number of rotatable bonds is 8. The van der Waals surface area contributed by atoms with Gasteiger partial charge in [-0.3, -0.25) is 0 Å². The van der Waals surface area contributed by atoms with Crippen LogP contribution in [0, 0.1) is 0 Å². The van der Waals surface area contributed by atoms with Crippen LogP contribution in [0.4, 0.5) is 0 Å². The molecule has 3 heteroatoms. The van der Waals surface area contributed by atoms with Gasteiger partial charge < -0.3 is 10.1 Å². The van der Waals surface area contributed by atoms with Crippen LogP contribution in [0.15, 0.2) is 29.2 Å². The molecule has 0 fully saturated rings. The summed E-state index contributed by atoms with van der Waals surface area (Å²) in [5.74, 6) is 0.997. The highest BCUT2D eigenvalue weighted by Crippen LogP contribution is 2.23. The summed E-state index contributed by atoms with van der Waals surface area (Å²) in [6, 6.07) is 9.20. The van der Waals surface area contributed by atoms with Gasteiger partial charge in [-0.15, -0.1) is 11.8 Å². The van der Waals surface area contributed by atoms with Crippen LogP contribution in [0.1, 0.15) is 38.8 Å². The van der Waals surface area contributed by atoms with E-state index in [1.165, 1.54) is 16.9 Å². The van der Waals surface area contributed by atoms with Crippen molar-refractivity contribution in [2.45, 2.75) is 44.2 Å². The average Bonchev–Trinajstić information content (AvgIpc) is 2.42. The van der Waals surface area contributed by atoms with Crippen molar-refractivity contribution in [1.82, 2.24) is 5.32 Å². The van der Waals surface area contributed by atoms with E-state index < -0.39 is 0 Å². The van der Waals surface area contributed by atoms with Crippen LogP contribution in [-0.2, 0) is 4.74 Å². The molecule has 1 rings (SSSR count). The minimum atomic E-state index is 0.300. The highest BCUT2D eigenvalue weighted by atomic mass is 32.2. The van der Waals surface area contributed by atoms with Crippen LogP contribution in [-0.4, -0.2) is 25.5 Å². The first-order chi connectivity index (χ1) is 8.67. The van der Waals surface area contributed by atoms with Gasteiger partial charge in [0.1, 0.15) is 0 Å². The molecule has 0 heterocycles. The summed E-state index contributed by atoms with van der Waals surface area (Å²) in [6.07, 6.45) is 1.47. The van der Waals surface area contributed by atoms with Crippen LogP contribution in [0.5, 0.6) is 0 Å². The first kappa shape index (κ1) is 15.5. The Bertz CT molecular complexity index is 343. The Balaban J connectivity index is 2.55. The van der Waals surface area contributed by atoms with Crippen LogP contribution < -0.4 is 5.32 Å². The Morgan fingerprint density at radius 2 is 2.11 bits per heavy atom. The van der Waals surface area contributed by atoms with Crippen molar-refractivity contribution < 1.29 is 4.74 Å². The molecular weight excluding hydrogens is 242 g/mol. The average molecular weight is 267 g/mol. The molecule has 0 aromatic heterocycles. The second-order valence-corrected chi connectivity index (χ2v) is 5.70. The van der Waals surface area contributed by atoms with E-state index in [1.54, 1.807) is 7.11 Å². The van der Waals surface area contributed by atoms with Crippen molar-refractivity contribution in [3.63, 3.8) is 0 Å². The normalized spacial score (nSPS) is 14.4. The molecule has 0 saturated heterocycles. The molecule has 18 heavy (non-hydrogen) atoms. The summed E-state index contributed by atoms with van der Waals surface area (Å²) in [5, 5.41) is 3.52. The maximum atomic E-state index is 5.27. The zero-order valence-electron chi connectivity index (χ0n) is 11.9. The highest BCUT2D eigenvalue weighted by Gasteiger charge is 2.06. The lowest BCUT2D eigenvalue weighted by atomic mass is 10.1. The summed E-state index contributed by atoms with van der Waals surface area (Å²) >= 11 is 1.86. The van der Waals surface area contributed by atoms with E-state index in [2.05, 4.69) is 50.4 Å². The molecule has 1 aromatic carbocycles. The number of benzene rings is 1. The molecule has 2 unspecified atom stereocenters. The van der Waals surface area contributed by atoms with Crippen LogP contribution >= 0.6 is 11.8 Å². The van der Waals surface area contributed by atoms with Gasteiger partial charge in [-0.2, -0.15) is 0 Å². The minimum absolute atomic E-state index is 0.300. The molecule has 2 atom stereocenters. The molecule has 0 aliphatic carbocycles. The lowest BCUT2D eigenvalue weighted by molar-refractivity contribution is 0.138. The van der Waals surface area contributed by atoms with Gasteiger partial charge in [0.25, 0.3) is 0 Å². The SMILES string of the molecule is CCCNC(C)c1cccc(SCC(C)OC)c1. The van der Waals surface area contributed by atoms with Gasteiger partial charge in [-0.1, -0.05) is 19.1 Å². The van der Waals surface area contributed by atoms with Gasteiger partial charge in [-0.05, 0) is 44.5 Å². The molecule has 0 amide bonds. The first-order valence-electron chi connectivity index (χ1n) is 6.66. The Labute approximate surface area is 116 Å². The lowest BCUT2D eigenvalue weighted by Gasteiger charge is -2.15. The maximum absolute atomic E-state index is 5.27. The van der Waals surface area contributed by atoms with Gasteiger partial charge in [0.2, 0.25) is 0 Å². The fourth-order valence-electron chi connectivity index (χ4n) is 1.63. The minimum Gasteiger partial charge on any atom is -0.381 e. The molecule has 0 aliphatic heterocycles. The van der Waals surface area contributed by atoms with E-state index in [0.717, 1.165) is 12.3 Å². The third-order valence-corrected chi connectivity index (χ3v) is 4.17. The predicted octanol–water partition coefficient (Wildman–Crippen LogP) is 3.87. The summed E-state index contributed by atoms with van der Waals surface area (Å²) in [5.41, 5.74) is 1.36. The number of nitrogens with one attached hydrogen (secondary N) is 1. The maximum Gasteiger partial charge on any atom is 0.0637 e. The van der Waals surface area contributed by atoms with Crippen molar-refractivity contribution >= 4 is 11.8 Å². The molecule has 1 aromatic rings. The van der Waals surface area contributed by atoms with E-state index in [0.29, 0.717) is 12.1 Å². The number of ether oxygens (including phenoxy) is 1. The molecule has 0 spiro atoms. The molecular formula is C15H25NOS. The van der Waals surface area contributed by atoms with Gasteiger partial charge in [0.15, 0.2) is 0 Å². The quantitative estimate of drug-likeness (QED) is 0.722. The lowest BCUT2D eigenvalue weighted by Crippen LogP contribution is -2.19. The third-order valence-electron chi connectivity index (χ3n) is 2.95. The first-order valence-corrected chi connectivity index (χ1v) is 7.64. The smallest absolute Gasteiger partial charge is 0.0637 e. The Morgan fingerprint density at radius 3 is 2.78 bits per heavy atom. The molecule has 0 saturated carbocycles. The van der Waals surface area contributed by atoms with Gasteiger partial charge in [0, 0.05) is 23.8 Å². The van der Waals surface area contributed by atoms with Gasteiger partial charge >= 0.3 is 0 Å². The zero-order chi connectivity index (χ0) is 13.4. The largest absolute Gasteiger partial charge is 0.381 e. The Hall–Kier alpha value is -0.510. The topological polar surface area (TPSA) is 21.3 Å². The number of methoxy groups -OCH3 is 1. The fourth-order valence-corrected chi connectivity index (χ4v) is 2.59. The summed E-state index contributed by atoms with van der Waals surface area (Å²) in [4.78, 5) is 1.32. The molecule has 0 bridgehead atoms. The van der Waals surface area contributed by atoms with Crippen molar-refractivity contribution in [2.24, 2.45) is 0 Å². The summed E-state index contributed by atoms with van der Waals surface area (Å²) < 4.78 is 5.27. The second kappa shape index (κ2) is 8.57. The molecule has 0 aliphatic rings. The van der Waals surface area contributed by atoms with Crippen molar-refractivity contribution in [3.8, 4) is 0 Å². The second-order valence-electron chi connectivity index (χ2n) is 4.61. The third kappa shape index (κ3) is 5.42. The molecule has 0 radical (unpaired) electrons. The Kier molecular flexibility index (Phi) is 7.40. The number of thioether (sulfide) groups is 1. The molecule has 102 valence electrons. The Morgan fingerprint density at radius 1 is 1.33 bits per heavy atom.